The SMILES string of the molecule is COc1cccc(CC(=O)NC(c2cc(=O)n3[nH]c(C4CCOCC4)cc3n2)C(C)C)c1. The van der Waals surface area contributed by atoms with Crippen LogP contribution in [0.2, 0.25) is 0 Å². The number of hydrogen-bond acceptors (Lipinski definition) is 5. The van der Waals surface area contributed by atoms with Gasteiger partial charge in [0.05, 0.1) is 25.3 Å². The van der Waals surface area contributed by atoms with Crippen molar-refractivity contribution in [3.8, 4) is 5.75 Å². The molecular weight excluding hydrogens is 408 g/mol. The molecule has 2 N–H and O–H groups in total. The number of rotatable bonds is 7. The smallest absolute Gasteiger partial charge is 0.272 e. The molecule has 1 aliphatic rings. The molecule has 3 aromatic rings. The molecule has 3 heterocycles. The minimum atomic E-state index is -0.368. The molecule has 1 atom stereocenters. The number of amides is 1. The van der Waals surface area contributed by atoms with Crippen LogP contribution in [0.4, 0.5) is 0 Å². The van der Waals surface area contributed by atoms with Crippen molar-refractivity contribution in [3.63, 3.8) is 0 Å². The summed E-state index contributed by atoms with van der Waals surface area (Å²) in [4.78, 5) is 30.3. The predicted molar refractivity (Wildman–Crippen MR) is 121 cm³/mol. The summed E-state index contributed by atoms with van der Waals surface area (Å²) in [5.74, 6) is 0.976. The number of aromatic amines is 1. The first-order chi connectivity index (χ1) is 15.4. The number of carbonyl (C=O) groups excluding carboxylic acids is 1. The Morgan fingerprint density at radius 1 is 1.28 bits per heavy atom. The Morgan fingerprint density at radius 2 is 2.06 bits per heavy atom. The summed E-state index contributed by atoms with van der Waals surface area (Å²) in [6, 6.07) is 10.5. The van der Waals surface area contributed by atoms with Gasteiger partial charge in [-0.3, -0.25) is 14.7 Å². The fraction of sp³-hybridized carbons (Fsp3) is 0.458. The highest BCUT2D eigenvalue weighted by molar-refractivity contribution is 5.79. The summed E-state index contributed by atoms with van der Waals surface area (Å²) in [5.41, 5.74) is 2.82. The van der Waals surface area contributed by atoms with Gasteiger partial charge in [-0.2, -0.15) is 0 Å². The monoisotopic (exact) mass is 438 g/mol. The van der Waals surface area contributed by atoms with Crippen LogP contribution in [-0.4, -0.2) is 40.8 Å². The van der Waals surface area contributed by atoms with Gasteiger partial charge in [0.2, 0.25) is 5.91 Å². The molecular formula is C24H30N4O4. The molecule has 0 spiro atoms. The maximum Gasteiger partial charge on any atom is 0.272 e. The number of carbonyl (C=O) groups is 1. The Morgan fingerprint density at radius 3 is 2.78 bits per heavy atom. The third kappa shape index (κ3) is 4.85. The van der Waals surface area contributed by atoms with Gasteiger partial charge in [-0.25, -0.2) is 9.50 Å². The Labute approximate surface area is 186 Å². The summed E-state index contributed by atoms with van der Waals surface area (Å²) < 4.78 is 12.2. The topological polar surface area (TPSA) is 97.7 Å². The standard InChI is InChI=1S/C24H30N4O4/c1-15(2)24(26-22(29)12-16-5-4-6-18(11-16)31-3)20-14-23(30)28-21(25-20)13-19(27-28)17-7-9-32-10-8-17/h4-6,11,13-15,17,24,27H,7-10,12H2,1-3H3,(H,26,29). The summed E-state index contributed by atoms with van der Waals surface area (Å²) >= 11 is 0. The number of aromatic nitrogens is 3. The first-order valence-corrected chi connectivity index (χ1v) is 11.1. The van der Waals surface area contributed by atoms with Gasteiger partial charge in [-0.05, 0) is 36.5 Å². The van der Waals surface area contributed by atoms with Gasteiger partial charge in [-0.15, -0.1) is 0 Å². The molecule has 0 radical (unpaired) electrons. The van der Waals surface area contributed by atoms with Gasteiger partial charge < -0.3 is 14.8 Å². The lowest BCUT2D eigenvalue weighted by atomic mass is 9.97. The number of ether oxygens (including phenoxy) is 2. The van der Waals surface area contributed by atoms with Gasteiger partial charge in [0, 0.05) is 37.0 Å². The van der Waals surface area contributed by atoms with E-state index in [2.05, 4.69) is 10.4 Å². The summed E-state index contributed by atoms with van der Waals surface area (Å²) in [6.07, 6.45) is 2.06. The predicted octanol–water partition coefficient (Wildman–Crippen LogP) is 2.98. The molecule has 1 fully saturated rings. The second-order valence-corrected chi connectivity index (χ2v) is 8.63. The van der Waals surface area contributed by atoms with Crippen molar-refractivity contribution in [3.05, 3.63) is 63.7 Å². The number of methoxy groups -OCH3 is 1. The second-order valence-electron chi connectivity index (χ2n) is 8.63. The highest BCUT2D eigenvalue weighted by Crippen LogP contribution is 2.27. The van der Waals surface area contributed by atoms with E-state index in [9.17, 15) is 9.59 Å². The molecule has 1 aromatic carbocycles. The van der Waals surface area contributed by atoms with Crippen LogP contribution < -0.4 is 15.6 Å². The van der Waals surface area contributed by atoms with Gasteiger partial charge in [0.15, 0.2) is 5.65 Å². The number of H-pyrrole nitrogens is 1. The number of nitrogens with zero attached hydrogens (tertiary/aromatic N) is 2. The molecule has 32 heavy (non-hydrogen) atoms. The first kappa shape index (κ1) is 22.1. The Balaban J connectivity index is 1.56. The maximum absolute atomic E-state index is 12.8. The van der Waals surface area contributed by atoms with Crippen LogP contribution in [0, 0.1) is 5.92 Å². The van der Waals surface area contributed by atoms with Crippen LogP contribution in [0.25, 0.3) is 5.65 Å². The molecule has 2 aromatic heterocycles. The fourth-order valence-electron chi connectivity index (χ4n) is 4.18. The lowest BCUT2D eigenvalue weighted by Gasteiger charge is -2.22. The fourth-order valence-corrected chi connectivity index (χ4v) is 4.18. The van der Waals surface area contributed by atoms with Crippen molar-refractivity contribution in [1.29, 1.82) is 0 Å². The van der Waals surface area contributed by atoms with E-state index < -0.39 is 0 Å². The third-order valence-corrected chi connectivity index (χ3v) is 5.95. The molecule has 1 saturated heterocycles. The molecule has 1 aliphatic heterocycles. The van der Waals surface area contributed by atoms with Crippen molar-refractivity contribution in [2.24, 2.45) is 5.92 Å². The van der Waals surface area contributed by atoms with E-state index >= 15 is 0 Å². The summed E-state index contributed by atoms with van der Waals surface area (Å²) in [7, 11) is 1.60. The minimum absolute atomic E-state index is 0.0625. The van der Waals surface area contributed by atoms with Crippen molar-refractivity contribution in [1.82, 2.24) is 19.9 Å². The highest BCUT2D eigenvalue weighted by atomic mass is 16.5. The van der Waals surface area contributed by atoms with E-state index in [4.69, 9.17) is 14.5 Å². The number of nitrogens with one attached hydrogen (secondary N) is 2. The number of fused-ring (bicyclic) bond motifs is 1. The number of benzene rings is 1. The molecule has 0 bridgehead atoms. The summed E-state index contributed by atoms with van der Waals surface area (Å²) in [6.45, 7) is 5.46. The van der Waals surface area contributed by atoms with Gasteiger partial charge in [0.1, 0.15) is 5.75 Å². The molecule has 0 saturated carbocycles. The van der Waals surface area contributed by atoms with Crippen LogP contribution in [-0.2, 0) is 16.0 Å². The zero-order valence-corrected chi connectivity index (χ0v) is 18.8. The lowest BCUT2D eigenvalue weighted by molar-refractivity contribution is -0.121. The Hall–Kier alpha value is -3.13. The second kappa shape index (κ2) is 9.56. The number of hydrogen-bond donors (Lipinski definition) is 2. The zero-order chi connectivity index (χ0) is 22.7. The van der Waals surface area contributed by atoms with Crippen LogP contribution in [0.5, 0.6) is 5.75 Å². The van der Waals surface area contributed by atoms with Gasteiger partial charge in [0.25, 0.3) is 5.56 Å². The largest absolute Gasteiger partial charge is 0.497 e. The normalized spacial score (nSPS) is 15.8. The average Bonchev–Trinajstić information content (AvgIpc) is 3.23. The first-order valence-electron chi connectivity index (χ1n) is 11.1. The van der Waals surface area contributed by atoms with Crippen LogP contribution in [0.15, 0.2) is 41.2 Å². The average molecular weight is 439 g/mol. The van der Waals surface area contributed by atoms with Crippen molar-refractivity contribution in [2.75, 3.05) is 20.3 Å². The molecule has 1 unspecified atom stereocenters. The molecule has 8 heteroatoms. The van der Waals surface area contributed by atoms with E-state index in [1.165, 1.54) is 10.6 Å². The van der Waals surface area contributed by atoms with Crippen LogP contribution in [0.1, 0.15) is 55.6 Å². The van der Waals surface area contributed by atoms with E-state index in [-0.39, 0.29) is 29.8 Å². The summed E-state index contributed by atoms with van der Waals surface area (Å²) in [5, 5.41) is 6.26. The van der Waals surface area contributed by atoms with Crippen molar-refractivity contribution >= 4 is 11.6 Å². The zero-order valence-electron chi connectivity index (χ0n) is 18.8. The quantitative estimate of drug-likeness (QED) is 0.591. The van der Waals surface area contributed by atoms with Crippen LogP contribution >= 0.6 is 0 Å². The lowest BCUT2D eigenvalue weighted by Crippen LogP contribution is -2.34. The molecule has 1 amide bonds. The maximum atomic E-state index is 12.8. The van der Waals surface area contributed by atoms with E-state index in [0.29, 0.717) is 23.0 Å². The van der Waals surface area contributed by atoms with E-state index in [1.54, 1.807) is 7.11 Å². The Bertz CT molecular complexity index is 1140. The van der Waals surface area contributed by atoms with E-state index in [0.717, 1.165) is 37.3 Å². The third-order valence-electron chi connectivity index (χ3n) is 5.95. The minimum Gasteiger partial charge on any atom is -0.497 e. The molecule has 4 rings (SSSR count). The molecule has 170 valence electrons. The van der Waals surface area contributed by atoms with Crippen LogP contribution in [0.3, 0.4) is 0 Å². The van der Waals surface area contributed by atoms with Gasteiger partial charge in [-0.1, -0.05) is 26.0 Å². The van der Waals surface area contributed by atoms with Gasteiger partial charge >= 0.3 is 0 Å². The van der Waals surface area contributed by atoms with Crippen molar-refractivity contribution in [2.45, 2.75) is 45.1 Å². The Kier molecular flexibility index (Phi) is 6.60. The van der Waals surface area contributed by atoms with Crippen molar-refractivity contribution < 1.29 is 14.3 Å². The van der Waals surface area contributed by atoms with E-state index in [1.807, 2.05) is 44.2 Å². The highest BCUT2D eigenvalue weighted by Gasteiger charge is 2.23. The molecule has 8 nitrogen and oxygen atoms in total. The molecule has 0 aliphatic carbocycles.